The maximum atomic E-state index is 14.0. The SMILES string of the molecule is CC(C)=CCc1c(O)cc(O)c2c1O[C@]13C(=C[C@@H]4C[C@H]1C(C)(C)O[C@@]3(CC=C(C)C)C4=O)C2=O. The third-order valence-electron chi connectivity index (χ3n) is 7.95. The molecule has 2 heterocycles. The van der Waals surface area contributed by atoms with Crippen molar-refractivity contribution in [3.05, 3.63) is 52.1 Å². The van der Waals surface area contributed by atoms with Crippen molar-refractivity contribution in [2.75, 3.05) is 0 Å². The monoisotopic (exact) mass is 464 g/mol. The Hall–Kier alpha value is -2.86. The van der Waals surface area contributed by atoms with Gasteiger partial charge in [-0.1, -0.05) is 29.4 Å². The maximum Gasteiger partial charge on any atom is 0.200 e. The number of phenolic OH excluding ortho intramolecular Hbond substituents is 2. The minimum atomic E-state index is -1.35. The molecular formula is C28H32O6. The van der Waals surface area contributed by atoms with Gasteiger partial charge in [-0.2, -0.15) is 0 Å². The number of carbonyl (C=O) groups excluding carboxylic acids is 2. The Kier molecular flexibility index (Phi) is 4.77. The van der Waals surface area contributed by atoms with Gasteiger partial charge in [-0.25, -0.2) is 0 Å². The number of fused-ring (bicyclic) bond motifs is 1. The number of hydrogen-bond donors (Lipinski definition) is 2. The Morgan fingerprint density at radius 2 is 1.76 bits per heavy atom. The zero-order valence-electron chi connectivity index (χ0n) is 20.6. The highest BCUT2D eigenvalue weighted by Crippen LogP contribution is 2.68. The lowest BCUT2D eigenvalue weighted by atomic mass is 9.51. The van der Waals surface area contributed by atoms with Gasteiger partial charge in [0.1, 0.15) is 22.8 Å². The molecule has 4 bridgehead atoms. The Balaban J connectivity index is 1.81. The second kappa shape index (κ2) is 7.08. The molecular weight excluding hydrogens is 432 g/mol. The predicted molar refractivity (Wildman–Crippen MR) is 127 cm³/mol. The summed E-state index contributed by atoms with van der Waals surface area (Å²) in [7, 11) is 0. The van der Waals surface area contributed by atoms with Crippen molar-refractivity contribution in [2.24, 2.45) is 11.8 Å². The summed E-state index contributed by atoms with van der Waals surface area (Å²) in [6.07, 6.45) is 6.78. The molecule has 1 saturated carbocycles. The van der Waals surface area contributed by atoms with Gasteiger partial charge in [0.05, 0.1) is 5.60 Å². The first-order chi connectivity index (χ1) is 15.9. The first kappa shape index (κ1) is 22.9. The lowest BCUT2D eigenvalue weighted by molar-refractivity contribution is -0.171. The highest BCUT2D eigenvalue weighted by atomic mass is 16.6. The highest BCUT2D eigenvalue weighted by molar-refractivity contribution is 6.18. The second-order valence-electron chi connectivity index (χ2n) is 11.1. The van der Waals surface area contributed by atoms with Crippen molar-refractivity contribution in [1.82, 2.24) is 0 Å². The molecule has 0 unspecified atom stereocenters. The normalized spacial score (nSPS) is 31.9. The molecule has 6 rings (SSSR count). The molecule has 0 amide bonds. The summed E-state index contributed by atoms with van der Waals surface area (Å²) in [5.74, 6) is -1.43. The molecule has 6 nitrogen and oxygen atoms in total. The number of phenols is 2. The Bertz CT molecular complexity index is 1220. The largest absolute Gasteiger partial charge is 0.507 e. The van der Waals surface area contributed by atoms with E-state index in [1.54, 1.807) is 6.08 Å². The Labute approximate surface area is 200 Å². The van der Waals surface area contributed by atoms with Crippen LogP contribution in [0, 0.1) is 11.8 Å². The van der Waals surface area contributed by atoms with Crippen LogP contribution in [0.4, 0.5) is 0 Å². The smallest absolute Gasteiger partial charge is 0.200 e. The Morgan fingerprint density at radius 3 is 2.41 bits per heavy atom. The molecule has 0 aromatic heterocycles. The van der Waals surface area contributed by atoms with E-state index in [0.717, 1.165) is 11.1 Å². The minimum absolute atomic E-state index is 0.0430. The quantitative estimate of drug-likeness (QED) is 0.611. The van der Waals surface area contributed by atoms with E-state index in [1.807, 2.05) is 53.7 Å². The van der Waals surface area contributed by atoms with Crippen molar-refractivity contribution in [1.29, 1.82) is 0 Å². The number of Topliss-reactive ketones (excluding diaryl/α,β-unsaturated/α-hetero) is 2. The number of rotatable bonds is 4. The second-order valence-corrected chi connectivity index (χ2v) is 11.1. The third-order valence-corrected chi connectivity index (χ3v) is 7.95. The summed E-state index contributed by atoms with van der Waals surface area (Å²) in [5, 5.41) is 21.4. The molecule has 1 aromatic rings. The molecule has 34 heavy (non-hydrogen) atoms. The molecule has 2 N–H and O–H groups in total. The van der Waals surface area contributed by atoms with Crippen LogP contribution >= 0.6 is 0 Å². The van der Waals surface area contributed by atoms with Crippen molar-refractivity contribution in [2.45, 2.75) is 77.6 Å². The molecule has 2 fully saturated rings. The number of aromatic hydroxyl groups is 2. The summed E-state index contributed by atoms with van der Waals surface area (Å²) in [4.78, 5) is 27.9. The molecule has 1 spiro atoms. The van der Waals surface area contributed by atoms with Crippen LogP contribution < -0.4 is 4.74 Å². The number of allylic oxidation sites excluding steroid dienone is 4. The summed E-state index contributed by atoms with van der Waals surface area (Å²) in [5.41, 5.74) is -0.450. The fourth-order valence-corrected chi connectivity index (χ4v) is 6.48. The highest BCUT2D eigenvalue weighted by Gasteiger charge is 2.81. The molecule has 1 aromatic carbocycles. The summed E-state index contributed by atoms with van der Waals surface area (Å²) < 4.78 is 13.5. The van der Waals surface area contributed by atoms with Gasteiger partial charge in [-0.15, -0.1) is 0 Å². The van der Waals surface area contributed by atoms with Gasteiger partial charge in [-0.3, -0.25) is 9.59 Å². The van der Waals surface area contributed by atoms with Crippen LogP contribution in [0.2, 0.25) is 0 Å². The van der Waals surface area contributed by atoms with Crippen LogP contribution in [-0.2, 0) is 16.0 Å². The number of benzene rings is 1. The van der Waals surface area contributed by atoms with Crippen molar-refractivity contribution >= 4 is 11.6 Å². The van der Waals surface area contributed by atoms with E-state index in [1.165, 1.54) is 6.07 Å². The van der Waals surface area contributed by atoms with E-state index >= 15 is 0 Å². The average molecular weight is 465 g/mol. The van der Waals surface area contributed by atoms with Crippen LogP contribution in [-0.4, -0.2) is 38.6 Å². The molecule has 1 saturated heterocycles. The van der Waals surface area contributed by atoms with Crippen LogP contribution in [0.1, 0.15) is 70.3 Å². The van der Waals surface area contributed by atoms with Crippen molar-refractivity contribution < 1.29 is 29.3 Å². The topological polar surface area (TPSA) is 93.1 Å². The van der Waals surface area contributed by atoms with E-state index < -0.39 is 22.7 Å². The van der Waals surface area contributed by atoms with E-state index in [4.69, 9.17) is 9.47 Å². The first-order valence-electron chi connectivity index (χ1n) is 11.9. The standard InChI is InChI=1S/C28H32O6/c1-14(2)7-8-17-19(29)13-20(30)22-23(31)18-11-16-12-21-26(5,6)34-27(25(16)32,10-9-15(3)4)28(18,21)33-24(17)22/h7,9,11,13,16,21,29-30H,8,10,12H2,1-6H3/t16-,21+,27+,28-/m1/s1. The lowest BCUT2D eigenvalue weighted by Crippen LogP contribution is -2.72. The number of ketones is 2. The number of hydrogen-bond acceptors (Lipinski definition) is 6. The molecule has 4 atom stereocenters. The lowest BCUT2D eigenvalue weighted by Gasteiger charge is -2.56. The molecule has 0 radical (unpaired) electrons. The predicted octanol–water partition coefficient (Wildman–Crippen LogP) is 4.97. The van der Waals surface area contributed by atoms with Gasteiger partial charge in [0.2, 0.25) is 0 Å². The molecule has 5 aliphatic rings. The zero-order valence-corrected chi connectivity index (χ0v) is 20.6. The number of ether oxygens (including phenoxy) is 2. The van der Waals surface area contributed by atoms with Crippen molar-refractivity contribution in [3.8, 4) is 17.2 Å². The molecule has 6 heteroatoms. The van der Waals surface area contributed by atoms with Crippen LogP contribution in [0.3, 0.4) is 0 Å². The van der Waals surface area contributed by atoms with E-state index in [-0.39, 0.29) is 40.3 Å². The van der Waals surface area contributed by atoms with Gasteiger partial charge in [-0.05, 0) is 54.4 Å². The van der Waals surface area contributed by atoms with Crippen LogP contribution in [0.25, 0.3) is 0 Å². The maximum absolute atomic E-state index is 14.0. The molecule has 180 valence electrons. The van der Waals surface area contributed by atoms with Gasteiger partial charge in [0, 0.05) is 35.5 Å². The summed E-state index contributed by atoms with van der Waals surface area (Å²) >= 11 is 0. The number of carbonyl (C=O) groups is 2. The van der Waals surface area contributed by atoms with E-state index in [0.29, 0.717) is 30.4 Å². The third kappa shape index (κ3) is 2.72. The van der Waals surface area contributed by atoms with Gasteiger partial charge in [0.25, 0.3) is 0 Å². The van der Waals surface area contributed by atoms with Gasteiger partial charge in [0.15, 0.2) is 22.8 Å². The van der Waals surface area contributed by atoms with E-state index in [9.17, 15) is 19.8 Å². The van der Waals surface area contributed by atoms with Crippen LogP contribution in [0.5, 0.6) is 17.2 Å². The van der Waals surface area contributed by atoms with Crippen LogP contribution in [0.15, 0.2) is 41.0 Å². The summed E-state index contributed by atoms with van der Waals surface area (Å²) in [6, 6.07) is 1.20. The van der Waals surface area contributed by atoms with E-state index in [2.05, 4.69) is 0 Å². The molecule has 3 aliphatic carbocycles. The fraction of sp³-hybridized carbons (Fsp3) is 0.500. The van der Waals surface area contributed by atoms with Crippen molar-refractivity contribution in [3.63, 3.8) is 0 Å². The fourth-order valence-electron chi connectivity index (χ4n) is 6.48. The van der Waals surface area contributed by atoms with Gasteiger partial charge >= 0.3 is 0 Å². The first-order valence-corrected chi connectivity index (χ1v) is 11.9. The zero-order chi connectivity index (χ0) is 24.8. The average Bonchev–Trinajstić information content (AvgIpc) is 2.89. The Morgan fingerprint density at radius 1 is 1.09 bits per heavy atom. The molecule has 2 aliphatic heterocycles. The van der Waals surface area contributed by atoms with Gasteiger partial charge < -0.3 is 19.7 Å². The summed E-state index contributed by atoms with van der Waals surface area (Å²) in [6.45, 7) is 11.7. The minimum Gasteiger partial charge on any atom is -0.507 e.